The maximum absolute atomic E-state index is 11.7. The first-order valence-corrected chi connectivity index (χ1v) is 7.12. The van der Waals surface area contributed by atoms with Crippen molar-refractivity contribution in [3.8, 4) is 0 Å². The van der Waals surface area contributed by atoms with E-state index in [1.807, 2.05) is 11.8 Å². The van der Waals surface area contributed by atoms with Gasteiger partial charge in [-0.3, -0.25) is 4.79 Å². The predicted octanol–water partition coefficient (Wildman–Crippen LogP) is 2.60. The molecule has 1 aliphatic rings. The van der Waals surface area contributed by atoms with Crippen LogP contribution in [0, 0.1) is 5.92 Å². The highest BCUT2D eigenvalue weighted by Crippen LogP contribution is 2.25. The van der Waals surface area contributed by atoms with Gasteiger partial charge in [0.2, 0.25) is 5.91 Å². The number of hydrogen-bond acceptors (Lipinski definition) is 4. The summed E-state index contributed by atoms with van der Waals surface area (Å²) in [7, 11) is 0. The molecule has 1 aromatic rings. The van der Waals surface area contributed by atoms with Crippen LogP contribution in [0.5, 0.6) is 0 Å². The maximum Gasteiger partial charge on any atom is 0.225 e. The van der Waals surface area contributed by atoms with Gasteiger partial charge in [0.1, 0.15) is 5.15 Å². The number of rotatable bonds is 3. The Morgan fingerprint density at radius 3 is 2.82 bits per heavy atom. The number of hydrogen-bond donors (Lipinski definition) is 1. The molecule has 0 unspecified atom stereocenters. The molecule has 1 saturated heterocycles. The normalized spacial score (nSPS) is 16.8. The van der Waals surface area contributed by atoms with Gasteiger partial charge in [-0.15, -0.1) is 0 Å². The monoisotopic (exact) mass is 271 g/mol. The van der Waals surface area contributed by atoms with Gasteiger partial charge in [0, 0.05) is 6.42 Å². The molecule has 2 rings (SSSR count). The summed E-state index contributed by atoms with van der Waals surface area (Å²) in [6.07, 6.45) is 5.73. The molecule has 1 aliphatic heterocycles. The Kier molecular flexibility index (Phi) is 4.62. The average molecular weight is 272 g/mol. The van der Waals surface area contributed by atoms with Crippen molar-refractivity contribution in [1.29, 1.82) is 0 Å². The Bertz CT molecular complexity index is 379. The molecule has 1 aromatic heterocycles. The minimum absolute atomic E-state index is 0.0125. The Morgan fingerprint density at radius 1 is 1.41 bits per heavy atom. The van der Waals surface area contributed by atoms with Crippen molar-refractivity contribution in [2.45, 2.75) is 19.3 Å². The number of carbonyl (C=O) groups excluding carboxylic acids is 1. The zero-order valence-electron chi connectivity index (χ0n) is 9.36. The van der Waals surface area contributed by atoms with Crippen LogP contribution in [0.4, 0.5) is 5.82 Å². The molecule has 0 spiro atoms. The highest BCUT2D eigenvalue weighted by atomic mass is 35.5. The molecule has 6 heteroatoms. The highest BCUT2D eigenvalue weighted by molar-refractivity contribution is 7.99. The molecule has 0 radical (unpaired) electrons. The fourth-order valence-corrected chi connectivity index (χ4v) is 3.09. The summed E-state index contributed by atoms with van der Waals surface area (Å²) < 4.78 is 0. The van der Waals surface area contributed by atoms with Gasteiger partial charge >= 0.3 is 0 Å². The predicted molar refractivity (Wildman–Crippen MR) is 70.3 cm³/mol. The molecule has 0 atom stereocenters. The van der Waals surface area contributed by atoms with Gasteiger partial charge in [-0.2, -0.15) is 11.8 Å². The van der Waals surface area contributed by atoms with Crippen LogP contribution in [-0.2, 0) is 4.79 Å². The molecule has 4 nitrogen and oxygen atoms in total. The third-order valence-electron chi connectivity index (χ3n) is 2.70. The summed E-state index contributed by atoms with van der Waals surface area (Å²) >= 11 is 7.58. The second kappa shape index (κ2) is 6.21. The van der Waals surface area contributed by atoms with E-state index in [0.29, 0.717) is 23.3 Å². The van der Waals surface area contributed by atoms with Gasteiger partial charge in [0.15, 0.2) is 5.82 Å². The SMILES string of the molecule is O=C(CC1CCSCC1)Nc1cnc(Cl)cn1. The molecular weight excluding hydrogens is 258 g/mol. The summed E-state index contributed by atoms with van der Waals surface area (Å²) in [5.41, 5.74) is 0. The molecule has 92 valence electrons. The molecule has 0 aliphatic carbocycles. The van der Waals surface area contributed by atoms with Crippen molar-refractivity contribution >= 4 is 35.1 Å². The van der Waals surface area contributed by atoms with Gasteiger partial charge in [-0.25, -0.2) is 9.97 Å². The average Bonchev–Trinajstić information content (AvgIpc) is 2.33. The minimum atomic E-state index is 0.0125. The standard InChI is InChI=1S/C11H14ClN3OS/c12-9-6-14-10(7-13-9)15-11(16)5-8-1-3-17-4-2-8/h6-8H,1-5H2,(H,14,15,16). The van der Waals surface area contributed by atoms with Gasteiger partial charge in [-0.05, 0) is 30.3 Å². The number of halogens is 1. The first-order valence-electron chi connectivity index (χ1n) is 5.59. The van der Waals surface area contributed by atoms with E-state index >= 15 is 0 Å². The number of aromatic nitrogens is 2. The summed E-state index contributed by atoms with van der Waals surface area (Å²) in [5.74, 6) is 3.32. The number of anilines is 1. The van der Waals surface area contributed by atoms with E-state index in [4.69, 9.17) is 11.6 Å². The second-order valence-corrected chi connectivity index (χ2v) is 5.64. The third-order valence-corrected chi connectivity index (χ3v) is 3.95. The summed E-state index contributed by atoms with van der Waals surface area (Å²) in [6, 6.07) is 0. The first-order chi connectivity index (χ1) is 8.24. The van der Waals surface area contributed by atoms with Crippen molar-refractivity contribution in [2.24, 2.45) is 5.92 Å². The minimum Gasteiger partial charge on any atom is -0.309 e. The molecule has 0 saturated carbocycles. The van der Waals surface area contributed by atoms with Crippen LogP contribution in [0.1, 0.15) is 19.3 Å². The third kappa shape index (κ3) is 4.16. The van der Waals surface area contributed by atoms with Crippen molar-refractivity contribution in [3.05, 3.63) is 17.5 Å². The van der Waals surface area contributed by atoms with Crippen molar-refractivity contribution in [2.75, 3.05) is 16.8 Å². The molecule has 17 heavy (non-hydrogen) atoms. The van der Waals surface area contributed by atoms with Crippen LogP contribution >= 0.6 is 23.4 Å². The van der Waals surface area contributed by atoms with Gasteiger partial charge in [-0.1, -0.05) is 11.6 Å². The summed E-state index contributed by atoms with van der Waals surface area (Å²) in [4.78, 5) is 19.6. The van der Waals surface area contributed by atoms with Gasteiger partial charge in [0.25, 0.3) is 0 Å². The van der Waals surface area contributed by atoms with Crippen LogP contribution in [0.25, 0.3) is 0 Å². The van der Waals surface area contributed by atoms with Gasteiger partial charge < -0.3 is 5.32 Å². The lowest BCUT2D eigenvalue weighted by Gasteiger charge is -2.20. The molecule has 1 fully saturated rings. The van der Waals surface area contributed by atoms with Crippen LogP contribution < -0.4 is 5.32 Å². The van der Waals surface area contributed by atoms with Crippen LogP contribution in [0.3, 0.4) is 0 Å². The van der Waals surface area contributed by atoms with Crippen LogP contribution in [0.15, 0.2) is 12.4 Å². The Labute approximate surface area is 110 Å². The number of carbonyl (C=O) groups is 1. The molecular formula is C11H14ClN3OS. The fraction of sp³-hybridized carbons (Fsp3) is 0.545. The fourth-order valence-electron chi connectivity index (χ4n) is 1.78. The molecule has 1 amide bonds. The van der Waals surface area contributed by atoms with E-state index < -0.39 is 0 Å². The number of nitrogens with one attached hydrogen (secondary N) is 1. The lowest BCUT2D eigenvalue weighted by atomic mass is 9.98. The molecule has 1 N–H and O–H groups in total. The number of amides is 1. The van der Waals surface area contributed by atoms with E-state index in [9.17, 15) is 4.79 Å². The van der Waals surface area contributed by atoms with E-state index in [2.05, 4.69) is 15.3 Å². The second-order valence-electron chi connectivity index (χ2n) is 4.03. The Hall–Kier alpha value is -0.810. The lowest BCUT2D eigenvalue weighted by molar-refractivity contribution is -0.117. The van der Waals surface area contributed by atoms with Crippen LogP contribution in [-0.4, -0.2) is 27.4 Å². The van der Waals surface area contributed by atoms with Crippen molar-refractivity contribution < 1.29 is 4.79 Å². The quantitative estimate of drug-likeness (QED) is 0.918. The zero-order chi connectivity index (χ0) is 12.1. The molecule has 2 heterocycles. The number of thioether (sulfide) groups is 1. The van der Waals surface area contributed by atoms with Crippen LogP contribution in [0.2, 0.25) is 5.15 Å². The summed E-state index contributed by atoms with van der Waals surface area (Å²) in [5, 5.41) is 3.06. The van der Waals surface area contributed by atoms with E-state index in [0.717, 1.165) is 12.8 Å². The largest absolute Gasteiger partial charge is 0.309 e. The number of nitrogens with zero attached hydrogens (tertiary/aromatic N) is 2. The zero-order valence-corrected chi connectivity index (χ0v) is 10.9. The van der Waals surface area contributed by atoms with Crippen molar-refractivity contribution in [1.82, 2.24) is 9.97 Å². The van der Waals surface area contributed by atoms with Crippen molar-refractivity contribution in [3.63, 3.8) is 0 Å². The highest BCUT2D eigenvalue weighted by Gasteiger charge is 2.17. The van der Waals surface area contributed by atoms with E-state index in [1.165, 1.54) is 23.9 Å². The molecule has 0 bridgehead atoms. The Balaban J connectivity index is 1.82. The Morgan fingerprint density at radius 2 is 2.18 bits per heavy atom. The van der Waals surface area contributed by atoms with E-state index in [-0.39, 0.29) is 5.91 Å². The maximum atomic E-state index is 11.7. The summed E-state index contributed by atoms with van der Waals surface area (Å²) in [6.45, 7) is 0. The van der Waals surface area contributed by atoms with E-state index in [1.54, 1.807) is 0 Å². The molecule has 0 aromatic carbocycles. The lowest BCUT2D eigenvalue weighted by Crippen LogP contribution is -2.20. The van der Waals surface area contributed by atoms with Gasteiger partial charge in [0.05, 0.1) is 12.4 Å². The topological polar surface area (TPSA) is 54.9 Å². The first kappa shape index (κ1) is 12.6. The smallest absolute Gasteiger partial charge is 0.225 e.